The van der Waals surface area contributed by atoms with Crippen LogP contribution in [0, 0.1) is 0 Å². The Labute approximate surface area is 326 Å². The number of fused-ring (bicyclic) bond motifs is 7. The van der Waals surface area contributed by atoms with Gasteiger partial charge in [-0.3, -0.25) is 0 Å². The number of anilines is 3. The molecule has 0 radical (unpaired) electrons. The van der Waals surface area contributed by atoms with Crippen molar-refractivity contribution >= 4 is 49.4 Å². The van der Waals surface area contributed by atoms with Gasteiger partial charge >= 0.3 is 0 Å². The quantitative estimate of drug-likeness (QED) is 0.159. The highest BCUT2D eigenvalue weighted by Crippen LogP contribution is 2.48. The van der Waals surface area contributed by atoms with Crippen LogP contribution in [0.1, 0.15) is 11.5 Å². The molecule has 264 valence electrons. The molecule has 0 amide bonds. The Balaban J connectivity index is 0.992. The summed E-state index contributed by atoms with van der Waals surface area (Å²) in [4.78, 5) is 2.40. The number of benzene rings is 9. The van der Waals surface area contributed by atoms with E-state index in [4.69, 9.17) is 4.74 Å². The third-order valence-corrected chi connectivity index (χ3v) is 11.6. The van der Waals surface area contributed by atoms with Gasteiger partial charge in [0.1, 0.15) is 11.9 Å². The zero-order valence-electron chi connectivity index (χ0n) is 30.7. The molecule has 0 spiro atoms. The summed E-state index contributed by atoms with van der Waals surface area (Å²) in [5.41, 5.74) is 11.7. The molecule has 9 aromatic rings. The first-order chi connectivity index (χ1) is 27.8. The third-order valence-electron chi connectivity index (χ3n) is 11.6. The van der Waals surface area contributed by atoms with Gasteiger partial charge in [-0.05, 0) is 91.2 Å². The van der Waals surface area contributed by atoms with Crippen molar-refractivity contribution in [3.8, 4) is 39.1 Å². The molecule has 1 aliphatic heterocycles. The molecule has 9 aromatic carbocycles. The van der Waals surface area contributed by atoms with E-state index in [0.29, 0.717) is 0 Å². The van der Waals surface area contributed by atoms with E-state index < -0.39 is 0 Å². The standard InChI is InChI=1S/C54H37NO/c1-3-14-44-38(11-1)13-9-19-45(44)39-25-23-36(24-26-39)37-27-31-42(32-28-37)55(52-35-41-12-2-4-15-46(41)48-16-5-6-17-49(48)52)43-33-29-40(30-34-43)47-20-10-21-51-50-18-7-8-22-53(50)56-54(47)51/h1-35,50,53H. The zero-order chi connectivity index (χ0) is 37.0. The van der Waals surface area contributed by atoms with Crippen molar-refractivity contribution in [2.75, 3.05) is 4.90 Å². The SMILES string of the molecule is C1=CC2Oc3c(-c4ccc(N(c5ccc(-c6ccc(-c7cccc8ccccc78)cc6)cc5)c5cc6ccccc6c6ccccc56)cc4)cccc3C2C=C1. The predicted octanol–water partition coefficient (Wildman–Crippen LogP) is 14.6. The minimum atomic E-state index is 0.0530. The number of rotatable bonds is 6. The van der Waals surface area contributed by atoms with E-state index in [9.17, 15) is 0 Å². The van der Waals surface area contributed by atoms with Crippen molar-refractivity contribution in [2.24, 2.45) is 0 Å². The van der Waals surface area contributed by atoms with E-state index >= 15 is 0 Å². The minimum Gasteiger partial charge on any atom is -0.484 e. The second-order valence-corrected chi connectivity index (χ2v) is 14.8. The summed E-state index contributed by atoms with van der Waals surface area (Å²) >= 11 is 0. The molecule has 0 N–H and O–H groups in total. The Kier molecular flexibility index (Phi) is 7.67. The fraction of sp³-hybridized carbons (Fsp3) is 0.0370. The van der Waals surface area contributed by atoms with Gasteiger partial charge in [0.25, 0.3) is 0 Å². The molecule has 0 aromatic heterocycles. The molecule has 2 nitrogen and oxygen atoms in total. The van der Waals surface area contributed by atoms with Gasteiger partial charge in [0.15, 0.2) is 0 Å². The number of allylic oxidation sites excluding steroid dienone is 2. The van der Waals surface area contributed by atoms with Crippen LogP contribution in [0.3, 0.4) is 0 Å². The van der Waals surface area contributed by atoms with Gasteiger partial charge in [-0.15, -0.1) is 0 Å². The van der Waals surface area contributed by atoms with Crippen molar-refractivity contribution in [1.82, 2.24) is 0 Å². The highest BCUT2D eigenvalue weighted by atomic mass is 16.5. The number of ether oxygens (including phenoxy) is 1. The second kappa shape index (κ2) is 13.3. The number of para-hydroxylation sites is 1. The molecule has 2 heteroatoms. The van der Waals surface area contributed by atoms with Gasteiger partial charge in [-0.2, -0.15) is 0 Å². The second-order valence-electron chi connectivity index (χ2n) is 14.8. The van der Waals surface area contributed by atoms with Gasteiger partial charge in [0.05, 0.1) is 5.69 Å². The molecule has 1 heterocycles. The molecule has 11 rings (SSSR count). The van der Waals surface area contributed by atoms with Crippen LogP contribution in [0.2, 0.25) is 0 Å². The fourth-order valence-electron chi connectivity index (χ4n) is 8.85. The van der Waals surface area contributed by atoms with Crippen LogP contribution in [-0.4, -0.2) is 6.10 Å². The van der Waals surface area contributed by atoms with Crippen molar-refractivity contribution in [3.63, 3.8) is 0 Å². The van der Waals surface area contributed by atoms with E-state index in [1.807, 2.05) is 0 Å². The van der Waals surface area contributed by atoms with E-state index in [0.717, 1.165) is 33.9 Å². The van der Waals surface area contributed by atoms with E-state index in [2.05, 4.69) is 217 Å². The normalized spacial score (nSPS) is 15.5. The Morgan fingerprint density at radius 1 is 0.393 bits per heavy atom. The van der Waals surface area contributed by atoms with Crippen molar-refractivity contribution in [2.45, 2.75) is 12.0 Å². The molecule has 1 aliphatic carbocycles. The fourth-order valence-corrected chi connectivity index (χ4v) is 8.85. The molecule has 56 heavy (non-hydrogen) atoms. The van der Waals surface area contributed by atoms with Gasteiger partial charge < -0.3 is 9.64 Å². The summed E-state index contributed by atoms with van der Waals surface area (Å²) in [5, 5.41) is 7.46. The Bertz CT molecular complexity index is 2990. The van der Waals surface area contributed by atoms with Crippen molar-refractivity contribution in [1.29, 1.82) is 0 Å². The number of hydrogen-bond donors (Lipinski definition) is 0. The first kappa shape index (κ1) is 32.3. The van der Waals surface area contributed by atoms with Crippen LogP contribution < -0.4 is 9.64 Å². The highest BCUT2D eigenvalue weighted by Gasteiger charge is 2.33. The minimum absolute atomic E-state index is 0.0530. The lowest BCUT2D eigenvalue weighted by molar-refractivity contribution is 0.270. The van der Waals surface area contributed by atoms with Crippen LogP contribution >= 0.6 is 0 Å². The van der Waals surface area contributed by atoms with Gasteiger partial charge in [-0.25, -0.2) is 0 Å². The number of nitrogens with zero attached hydrogens (tertiary/aromatic N) is 1. The average molecular weight is 716 g/mol. The van der Waals surface area contributed by atoms with E-state index in [1.54, 1.807) is 0 Å². The summed E-state index contributed by atoms with van der Waals surface area (Å²) in [6.07, 6.45) is 8.68. The molecule has 0 fully saturated rings. The maximum absolute atomic E-state index is 6.55. The molecule has 2 aliphatic rings. The van der Waals surface area contributed by atoms with Gasteiger partial charge in [0.2, 0.25) is 0 Å². The smallest absolute Gasteiger partial charge is 0.132 e. The van der Waals surface area contributed by atoms with Crippen LogP contribution in [0.25, 0.3) is 65.7 Å². The highest BCUT2D eigenvalue weighted by molar-refractivity contribution is 6.14. The lowest BCUT2D eigenvalue weighted by Crippen LogP contribution is -2.15. The first-order valence-electron chi connectivity index (χ1n) is 19.4. The van der Waals surface area contributed by atoms with Crippen LogP contribution in [-0.2, 0) is 0 Å². The topological polar surface area (TPSA) is 12.5 Å². The summed E-state index contributed by atoms with van der Waals surface area (Å²) < 4.78 is 6.55. The van der Waals surface area contributed by atoms with E-state index in [-0.39, 0.29) is 12.0 Å². The molecular weight excluding hydrogens is 679 g/mol. The number of hydrogen-bond acceptors (Lipinski definition) is 2. The Hall–Kier alpha value is -7.16. The predicted molar refractivity (Wildman–Crippen MR) is 235 cm³/mol. The van der Waals surface area contributed by atoms with Crippen LogP contribution in [0.4, 0.5) is 17.1 Å². The first-order valence-corrected chi connectivity index (χ1v) is 19.4. The Morgan fingerprint density at radius 2 is 0.929 bits per heavy atom. The molecule has 2 unspecified atom stereocenters. The molecule has 2 atom stereocenters. The maximum Gasteiger partial charge on any atom is 0.132 e. The average Bonchev–Trinajstić information content (AvgIpc) is 3.66. The molecular formula is C54H37NO. The zero-order valence-corrected chi connectivity index (χ0v) is 30.7. The van der Waals surface area contributed by atoms with Crippen molar-refractivity contribution < 1.29 is 4.74 Å². The summed E-state index contributed by atoms with van der Waals surface area (Å²) in [6.45, 7) is 0. The molecule has 0 saturated heterocycles. The monoisotopic (exact) mass is 715 g/mol. The van der Waals surface area contributed by atoms with Gasteiger partial charge in [-0.1, -0.05) is 176 Å². The maximum atomic E-state index is 6.55. The summed E-state index contributed by atoms with van der Waals surface area (Å²) in [7, 11) is 0. The summed E-state index contributed by atoms with van der Waals surface area (Å²) in [6, 6.07) is 68.5. The van der Waals surface area contributed by atoms with Crippen LogP contribution in [0.5, 0.6) is 5.75 Å². The Morgan fingerprint density at radius 3 is 1.70 bits per heavy atom. The molecule has 0 bridgehead atoms. The van der Waals surface area contributed by atoms with Gasteiger partial charge in [0, 0.05) is 33.8 Å². The lowest BCUT2D eigenvalue weighted by Gasteiger charge is -2.28. The third kappa shape index (κ3) is 5.41. The van der Waals surface area contributed by atoms with Crippen LogP contribution in [0.15, 0.2) is 212 Å². The summed E-state index contributed by atoms with van der Waals surface area (Å²) in [5.74, 6) is 1.25. The van der Waals surface area contributed by atoms with Crippen molar-refractivity contribution in [3.05, 3.63) is 218 Å². The molecule has 0 saturated carbocycles. The lowest BCUT2D eigenvalue weighted by atomic mass is 9.90. The largest absolute Gasteiger partial charge is 0.484 e. The van der Waals surface area contributed by atoms with E-state index in [1.165, 1.54) is 60.1 Å².